The summed E-state index contributed by atoms with van der Waals surface area (Å²) in [6, 6.07) is 2.47. The van der Waals surface area contributed by atoms with Crippen molar-refractivity contribution < 1.29 is 12.8 Å². The highest BCUT2D eigenvalue weighted by atomic mass is 79.9. The van der Waals surface area contributed by atoms with Crippen LogP contribution in [0.15, 0.2) is 21.5 Å². The van der Waals surface area contributed by atoms with Crippen LogP contribution in [0.5, 0.6) is 0 Å². The smallest absolute Gasteiger partial charge is 0.176 e. The molecule has 0 atom stereocenters. The molecule has 1 rings (SSSR count). The molecular weight excluding hydrogens is 259 g/mol. The lowest BCUT2D eigenvalue weighted by molar-refractivity contribution is 0.598. The lowest BCUT2D eigenvalue weighted by atomic mass is 10.2. The Morgan fingerprint density at radius 1 is 1.38 bits per heavy atom. The van der Waals surface area contributed by atoms with E-state index in [4.69, 9.17) is 0 Å². The maximum Gasteiger partial charge on any atom is 0.176 e. The SMILES string of the molecule is Cc1cc(S(C)(=O)=O)c(Br)cc1F. The van der Waals surface area contributed by atoms with Gasteiger partial charge in [-0.3, -0.25) is 0 Å². The van der Waals surface area contributed by atoms with Crippen molar-refractivity contribution >= 4 is 25.8 Å². The van der Waals surface area contributed by atoms with Gasteiger partial charge >= 0.3 is 0 Å². The van der Waals surface area contributed by atoms with Crippen LogP contribution >= 0.6 is 15.9 Å². The van der Waals surface area contributed by atoms with Crippen LogP contribution in [-0.2, 0) is 9.84 Å². The lowest BCUT2D eigenvalue weighted by Gasteiger charge is -2.04. The number of hydrogen-bond acceptors (Lipinski definition) is 2. The van der Waals surface area contributed by atoms with E-state index in [1.54, 1.807) is 0 Å². The molecule has 0 saturated heterocycles. The first-order valence-electron chi connectivity index (χ1n) is 3.48. The number of sulfone groups is 1. The van der Waals surface area contributed by atoms with E-state index < -0.39 is 15.7 Å². The highest BCUT2D eigenvalue weighted by Gasteiger charge is 2.13. The molecule has 0 aliphatic heterocycles. The monoisotopic (exact) mass is 266 g/mol. The van der Waals surface area contributed by atoms with Crippen LogP contribution in [0.4, 0.5) is 4.39 Å². The standard InChI is InChI=1S/C8H8BrFO2S/c1-5-3-8(13(2,11)12)6(9)4-7(5)10/h3-4H,1-2H3. The molecule has 13 heavy (non-hydrogen) atoms. The van der Waals surface area contributed by atoms with Crippen molar-refractivity contribution in [1.82, 2.24) is 0 Å². The maximum absolute atomic E-state index is 12.9. The molecule has 0 aliphatic rings. The molecule has 0 spiro atoms. The molecule has 0 N–H and O–H groups in total. The molecule has 72 valence electrons. The van der Waals surface area contributed by atoms with E-state index in [9.17, 15) is 12.8 Å². The Morgan fingerprint density at radius 2 is 1.92 bits per heavy atom. The molecule has 1 aromatic carbocycles. The predicted molar refractivity (Wildman–Crippen MR) is 51.9 cm³/mol. The Kier molecular flexibility index (Phi) is 2.77. The van der Waals surface area contributed by atoms with Gasteiger partial charge in [0.2, 0.25) is 0 Å². The van der Waals surface area contributed by atoms with Gasteiger partial charge in [0.1, 0.15) is 5.82 Å². The van der Waals surface area contributed by atoms with Gasteiger partial charge in [-0.25, -0.2) is 12.8 Å². The summed E-state index contributed by atoms with van der Waals surface area (Å²) in [4.78, 5) is 0.117. The second-order valence-electron chi connectivity index (χ2n) is 2.80. The second kappa shape index (κ2) is 3.38. The number of aryl methyl sites for hydroxylation is 1. The van der Waals surface area contributed by atoms with Crippen molar-refractivity contribution in [2.45, 2.75) is 11.8 Å². The second-order valence-corrected chi connectivity index (χ2v) is 5.64. The first-order chi connectivity index (χ1) is 5.82. The zero-order valence-electron chi connectivity index (χ0n) is 7.14. The first-order valence-corrected chi connectivity index (χ1v) is 6.16. The van der Waals surface area contributed by atoms with Crippen molar-refractivity contribution in [2.75, 3.05) is 6.26 Å². The normalized spacial score (nSPS) is 11.7. The quantitative estimate of drug-likeness (QED) is 0.732. The zero-order chi connectivity index (χ0) is 10.2. The fourth-order valence-corrected chi connectivity index (χ4v) is 2.92. The van der Waals surface area contributed by atoms with E-state index in [2.05, 4.69) is 15.9 Å². The third-order valence-corrected chi connectivity index (χ3v) is 3.67. The van der Waals surface area contributed by atoms with Crippen molar-refractivity contribution in [3.8, 4) is 0 Å². The summed E-state index contributed by atoms with van der Waals surface area (Å²) in [5, 5.41) is 0. The summed E-state index contributed by atoms with van der Waals surface area (Å²) in [7, 11) is -3.29. The maximum atomic E-state index is 12.9. The van der Waals surface area contributed by atoms with Crippen LogP contribution in [-0.4, -0.2) is 14.7 Å². The minimum absolute atomic E-state index is 0.117. The Labute approximate surface area is 84.8 Å². The first kappa shape index (κ1) is 10.7. The summed E-state index contributed by atoms with van der Waals surface area (Å²) in [5.41, 5.74) is 0.323. The molecule has 1 aromatic rings. The number of rotatable bonds is 1. The van der Waals surface area contributed by atoms with Crippen molar-refractivity contribution in [3.05, 3.63) is 28.0 Å². The van der Waals surface area contributed by atoms with E-state index in [0.717, 1.165) is 12.3 Å². The Balaban J connectivity index is 3.50. The van der Waals surface area contributed by atoms with Crippen molar-refractivity contribution in [1.29, 1.82) is 0 Å². The van der Waals surface area contributed by atoms with Crippen LogP contribution in [0.3, 0.4) is 0 Å². The summed E-state index contributed by atoms with van der Waals surface area (Å²) in [6.45, 7) is 1.52. The van der Waals surface area contributed by atoms with Gasteiger partial charge in [0.05, 0.1) is 4.90 Å². The van der Waals surface area contributed by atoms with E-state index in [0.29, 0.717) is 5.56 Å². The molecule has 0 aliphatic carbocycles. The summed E-state index contributed by atoms with van der Waals surface area (Å²) in [6.07, 6.45) is 1.09. The fraction of sp³-hybridized carbons (Fsp3) is 0.250. The molecule has 0 fully saturated rings. The largest absolute Gasteiger partial charge is 0.224 e. The average molecular weight is 267 g/mol. The van der Waals surface area contributed by atoms with Crippen LogP contribution in [0.1, 0.15) is 5.56 Å². The predicted octanol–water partition coefficient (Wildman–Crippen LogP) is 2.30. The Hall–Kier alpha value is -0.420. The van der Waals surface area contributed by atoms with E-state index in [1.165, 1.54) is 13.0 Å². The molecule has 0 radical (unpaired) electrons. The van der Waals surface area contributed by atoms with Crippen molar-refractivity contribution in [2.24, 2.45) is 0 Å². The van der Waals surface area contributed by atoms with Crippen LogP contribution in [0.2, 0.25) is 0 Å². The van der Waals surface area contributed by atoms with Gasteiger partial charge < -0.3 is 0 Å². The molecule has 0 saturated carbocycles. The summed E-state index contributed by atoms with van der Waals surface area (Å²) >= 11 is 3.00. The van der Waals surface area contributed by atoms with Gasteiger partial charge in [-0.1, -0.05) is 0 Å². The van der Waals surface area contributed by atoms with Gasteiger partial charge in [0.25, 0.3) is 0 Å². The average Bonchev–Trinajstić information content (AvgIpc) is 1.94. The summed E-state index contributed by atoms with van der Waals surface area (Å²) < 4.78 is 35.5. The molecule has 0 aromatic heterocycles. The number of halogens is 2. The lowest BCUT2D eigenvalue weighted by Crippen LogP contribution is -2.00. The number of benzene rings is 1. The van der Waals surface area contributed by atoms with Crippen LogP contribution in [0, 0.1) is 12.7 Å². The molecular formula is C8H8BrFO2S. The topological polar surface area (TPSA) is 34.1 Å². The Morgan fingerprint density at radius 3 is 2.38 bits per heavy atom. The van der Waals surface area contributed by atoms with Gasteiger partial charge in [-0.05, 0) is 40.5 Å². The minimum Gasteiger partial charge on any atom is -0.224 e. The van der Waals surface area contributed by atoms with Gasteiger partial charge in [-0.15, -0.1) is 0 Å². The molecule has 0 heterocycles. The van der Waals surface area contributed by atoms with Crippen LogP contribution < -0.4 is 0 Å². The fourth-order valence-electron chi connectivity index (χ4n) is 0.915. The minimum atomic E-state index is -3.29. The van der Waals surface area contributed by atoms with Crippen LogP contribution in [0.25, 0.3) is 0 Å². The molecule has 2 nitrogen and oxygen atoms in total. The number of hydrogen-bond donors (Lipinski definition) is 0. The molecule has 5 heteroatoms. The third-order valence-electron chi connectivity index (χ3n) is 1.61. The third kappa shape index (κ3) is 2.28. The van der Waals surface area contributed by atoms with Gasteiger partial charge in [0.15, 0.2) is 9.84 Å². The van der Waals surface area contributed by atoms with E-state index in [1.807, 2.05) is 0 Å². The van der Waals surface area contributed by atoms with E-state index in [-0.39, 0.29) is 9.37 Å². The highest BCUT2D eigenvalue weighted by Crippen LogP contribution is 2.24. The highest BCUT2D eigenvalue weighted by molar-refractivity contribution is 9.10. The molecule has 0 unspecified atom stereocenters. The zero-order valence-corrected chi connectivity index (χ0v) is 9.54. The van der Waals surface area contributed by atoms with Gasteiger partial charge in [-0.2, -0.15) is 0 Å². The van der Waals surface area contributed by atoms with Crippen molar-refractivity contribution in [3.63, 3.8) is 0 Å². The summed E-state index contributed by atoms with van der Waals surface area (Å²) in [5.74, 6) is -0.417. The molecule has 0 amide bonds. The van der Waals surface area contributed by atoms with E-state index >= 15 is 0 Å². The Bertz CT molecular complexity index is 440. The molecule has 0 bridgehead atoms. The van der Waals surface area contributed by atoms with Gasteiger partial charge in [0, 0.05) is 10.7 Å².